The van der Waals surface area contributed by atoms with Gasteiger partial charge in [-0.25, -0.2) is 9.97 Å². The number of primary amides is 1. The number of nitrogens with two attached hydrogens (primary N) is 1. The lowest BCUT2D eigenvalue weighted by Gasteiger charge is -2.14. The highest BCUT2D eigenvalue weighted by Crippen LogP contribution is 2.12. The Bertz CT molecular complexity index is 371. The van der Waals surface area contributed by atoms with Gasteiger partial charge in [0.05, 0.1) is 0 Å². The van der Waals surface area contributed by atoms with Gasteiger partial charge in [0.1, 0.15) is 17.5 Å². The van der Waals surface area contributed by atoms with Gasteiger partial charge in [-0.05, 0) is 6.92 Å². The van der Waals surface area contributed by atoms with Gasteiger partial charge in [0.25, 0.3) is 0 Å². The van der Waals surface area contributed by atoms with Crippen molar-refractivity contribution in [3.05, 3.63) is 11.9 Å². The number of anilines is 2. The van der Waals surface area contributed by atoms with Crippen LogP contribution in [0.25, 0.3) is 0 Å². The maximum Gasteiger partial charge on any atom is 0.219 e. The molecule has 1 unspecified atom stereocenters. The van der Waals surface area contributed by atoms with E-state index in [4.69, 9.17) is 5.73 Å². The Kier molecular flexibility index (Phi) is 4.68. The van der Waals surface area contributed by atoms with Crippen molar-refractivity contribution in [3.63, 3.8) is 0 Å². The molecule has 0 fully saturated rings. The van der Waals surface area contributed by atoms with Crippen molar-refractivity contribution >= 4 is 17.5 Å². The van der Waals surface area contributed by atoms with E-state index in [0.29, 0.717) is 5.82 Å². The first-order valence-corrected chi connectivity index (χ1v) is 5.65. The summed E-state index contributed by atoms with van der Waals surface area (Å²) in [6, 6.07) is 1.76. The van der Waals surface area contributed by atoms with Gasteiger partial charge in [-0.2, -0.15) is 0 Å². The number of hydrogen-bond acceptors (Lipinski definition) is 5. The Labute approximate surface area is 101 Å². The summed E-state index contributed by atoms with van der Waals surface area (Å²) in [5, 5.41) is 6.10. The van der Waals surface area contributed by atoms with Gasteiger partial charge in [-0.3, -0.25) is 4.79 Å². The van der Waals surface area contributed by atoms with Crippen LogP contribution in [0.15, 0.2) is 6.07 Å². The van der Waals surface area contributed by atoms with E-state index in [-0.39, 0.29) is 18.4 Å². The Balaban J connectivity index is 2.79. The molecular weight excluding hydrogens is 218 g/mol. The fraction of sp³-hybridized carbons (Fsp3) is 0.545. The second kappa shape index (κ2) is 6.03. The molecule has 0 radical (unpaired) electrons. The number of nitrogens with one attached hydrogen (secondary N) is 2. The van der Waals surface area contributed by atoms with Gasteiger partial charge in [-0.15, -0.1) is 0 Å². The van der Waals surface area contributed by atoms with Crippen molar-refractivity contribution in [2.45, 2.75) is 32.7 Å². The molecule has 1 rings (SSSR count). The normalized spacial score (nSPS) is 11.9. The second-order valence-electron chi connectivity index (χ2n) is 3.87. The summed E-state index contributed by atoms with van der Waals surface area (Å²) in [7, 11) is 1.80. The zero-order valence-electron chi connectivity index (χ0n) is 10.4. The zero-order chi connectivity index (χ0) is 12.8. The lowest BCUT2D eigenvalue weighted by Crippen LogP contribution is -2.24. The van der Waals surface area contributed by atoms with Crippen LogP contribution in [0.2, 0.25) is 0 Å². The lowest BCUT2D eigenvalue weighted by atomic mass is 10.2. The van der Waals surface area contributed by atoms with Gasteiger partial charge in [0.2, 0.25) is 5.91 Å². The Morgan fingerprint density at radius 1 is 1.47 bits per heavy atom. The number of carbonyl (C=O) groups excluding carboxylic acids is 1. The monoisotopic (exact) mass is 237 g/mol. The van der Waals surface area contributed by atoms with Crippen LogP contribution >= 0.6 is 0 Å². The van der Waals surface area contributed by atoms with Crippen molar-refractivity contribution in [1.82, 2.24) is 9.97 Å². The quantitative estimate of drug-likeness (QED) is 0.679. The molecule has 0 saturated heterocycles. The molecule has 0 saturated carbocycles. The van der Waals surface area contributed by atoms with E-state index in [1.54, 1.807) is 13.1 Å². The summed E-state index contributed by atoms with van der Waals surface area (Å²) in [4.78, 5) is 19.4. The van der Waals surface area contributed by atoms with E-state index in [1.807, 2.05) is 13.8 Å². The van der Waals surface area contributed by atoms with Crippen LogP contribution in [0.4, 0.5) is 11.6 Å². The van der Waals surface area contributed by atoms with Gasteiger partial charge in [0.15, 0.2) is 0 Å². The van der Waals surface area contributed by atoms with Crippen LogP contribution in [0.3, 0.4) is 0 Å². The van der Waals surface area contributed by atoms with Crippen molar-refractivity contribution in [1.29, 1.82) is 0 Å². The number of aromatic nitrogens is 2. The van der Waals surface area contributed by atoms with Crippen LogP contribution in [-0.4, -0.2) is 29.0 Å². The van der Waals surface area contributed by atoms with Crippen LogP contribution in [0.1, 0.15) is 26.1 Å². The first kappa shape index (κ1) is 13.2. The number of nitrogens with zero attached hydrogens (tertiary/aromatic N) is 2. The maximum atomic E-state index is 10.8. The summed E-state index contributed by atoms with van der Waals surface area (Å²) in [5.74, 6) is 1.88. The van der Waals surface area contributed by atoms with Crippen LogP contribution in [0.5, 0.6) is 0 Å². The first-order valence-electron chi connectivity index (χ1n) is 5.65. The van der Waals surface area contributed by atoms with Crippen molar-refractivity contribution in [3.8, 4) is 0 Å². The fourth-order valence-electron chi connectivity index (χ4n) is 1.46. The largest absolute Gasteiger partial charge is 0.373 e. The molecule has 0 bridgehead atoms. The van der Waals surface area contributed by atoms with E-state index in [1.165, 1.54) is 0 Å². The summed E-state index contributed by atoms with van der Waals surface area (Å²) in [5.41, 5.74) is 5.14. The highest BCUT2D eigenvalue weighted by atomic mass is 16.1. The molecule has 4 N–H and O–H groups in total. The van der Waals surface area contributed by atoms with Crippen molar-refractivity contribution in [2.75, 3.05) is 17.7 Å². The molecular formula is C11H19N5O. The molecule has 1 aromatic rings. The average Bonchev–Trinajstić information content (AvgIpc) is 2.27. The number of aryl methyl sites for hydroxylation is 1. The molecule has 1 heterocycles. The van der Waals surface area contributed by atoms with Gasteiger partial charge >= 0.3 is 0 Å². The predicted octanol–water partition coefficient (Wildman–Crippen LogP) is 0.756. The van der Waals surface area contributed by atoms with Gasteiger partial charge < -0.3 is 16.4 Å². The third-order valence-corrected chi connectivity index (χ3v) is 2.25. The Hall–Kier alpha value is -1.85. The summed E-state index contributed by atoms with van der Waals surface area (Å²) in [6.07, 6.45) is 1.04. The molecule has 0 aliphatic heterocycles. The van der Waals surface area contributed by atoms with Crippen LogP contribution in [-0.2, 0) is 11.2 Å². The molecule has 17 heavy (non-hydrogen) atoms. The third-order valence-electron chi connectivity index (χ3n) is 2.25. The molecule has 0 aromatic carbocycles. The summed E-state index contributed by atoms with van der Waals surface area (Å²) < 4.78 is 0. The van der Waals surface area contributed by atoms with E-state index in [0.717, 1.165) is 18.1 Å². The second-order valence-corrected chi connectivity index (χ2v) is 3.87. The summed E-state index contributed by atoms with van der Waals surface area (Å²) >= 11 is 0. The predicted molar refractivity (Wildman–Crippen MR) is 67.9 cm³/mol. The minimum Gasteiger partial charge on any atom is -0.373 e. The maximum absolute atomic E-state index is 10.8. The number of carbonyl (C=O) groups is 1. The minimum absolute atomic E-state index is 0.0446. The molecule has 0 spiro atoms. The van der Waals surface area contributed by atoms with E-state index in [2.05, 4.69) is 20.6 Å². The number of hydrogen-bond donors (Lipinski definition) is 3. The highest BCUT2D eigenvalue weighted by Gasteiger charge is 2.08. The van der Waals surface area contributed by atoms with E-state index < -0.39 is 0 Å². The Morgan fingerprint density at radius 3 is 2.65 bits per heavy atom. The van der Waals surface area contributed by atoms with Crippen molar-refractivity contribution < 1.29 is 4.79 Å². The number of amides is 1. The lowest BCUT2D eigenvalue weighted by molar-refractivity contribution is -0.118. The molecule has 1 amide bonds. The molecule has 6 heteroatoms. The highest BCUT2D eigenvalue weighted by molar-refractivity contribution is 5.74. The van der Waals surface area contributed by atoms with E-state index >= 15 is 0 Å². The van der Waals surface area contributed by atoms with Crippen LogP contribution in [0, 0.1) is 0 Å². The smallest absolute Gasteiger partial charge is 0.219 e. The Morgan fingerprint density at radius 2 is 2.12 bits per heavy atom. The third kappa shape index (κ3) is 4.26. The zero-order valence-corrected chi connectivity index (χ0v) is 10.4. The summed E-state index contributed by atoms with van der Waals surface area (Å²) in [6.45, 7) is 3.88. The minimum atomic E-state index is -0.330. The topological polar surface area (TPSA) is 92.9 Å². The number of rotatable bonds is 6. The molecule has 0 aliphatic carbocycles. The molecule has 94 valence electrons. The van der Waals surface area contributed by atoms with Gasteiger partial charge in [0, 0.05) is 32.0 Å². The molecule has 1 atom stereocenters. The van der Waals surface area contributed by atoms with Crippen LogP contribution < -0.4 is 16.4 Å². The molecule has 0 aliphatic rings. The molecule has 6 nitrogen and oxygen atoms in total. The first-order chi connectivity index (χ1) is 8.05. The standard InChI is InChI=1S/C11H19N5O/c1-4-9-15-10(13-3)6-11(16-9)14-7(2)5-8(12)17/h6-7H,4-5H2,1-3H3,(H2,12,17)(H2,13,14,15,16). The van der Waals surface area contributed by atoms with E-state index in [9.17, 15) is 4.79 Å². The van der Waals surface area contributed by atoms with Gasteiger partial charge in [-0.1, -0.05) is 6.92 Å². The average molecular weight is 237 g/mol. The van der Waals surface area contributed by atoms with Crippen molar-refractivity contribution in [2.24, 2.45) is 5.73 Å². The SMILES string of the molecule is CCc1nc(NC)cc(NC(C)CC(N)=O)n1. The fourth-order valence-corrected chi connectivity index (χ4v) is 1.46. The molecule has 1 aromatic heterocycles.